The Morgan fingerprint density at radius 1 is 1.38 bits per heavy atom. The summed E-state index contributed by atoms with van der Waals surface area (Å²) in [5.41, 5.74) is 0. The molecule has 0 saturated carbocycles. The first-order valence-electron chi connectivity index (χ1n) is 5.12. The van der Waals surface area contributed by atoms with Crippen molar-refractivity contribution in [3.8, 4) is 11.5 Å². The molecule has 0 heterocycles. The van der Waals surface area contributed by atoms with Gasteiger partial charge in [0, 0.05) is 12.5 Å². The van der Waals surface area contributed by atoms with Crippen molar-refractivity contribution in [2.45, 2.75) is 20.3 Å². The molecule has 4 nitrogen and oxygen atoms in total. The van der Waals surface area contributed by atoms with E-state index in [1.165, 1.54) is 0 Å². The third-order valence-corrected chi connectivity index (χ3v) is 1.65. The van der Waals surface area contributed by atoms with Crippen LogP contribution in [0.1, 0.15) is 20.3 Å². The van der Waals surface area contributed by atoms with Gasteiger partial charge in [-0.3, -0.25) is 4.79 Å². The normalized spacial score (nSPS) is 8.69. The maximum atomic E-state index is 10.2. The number of carbonyl (C=O) groups is 1. The van der Waals surface area contributed by atoms with E-state index in [1.807, 2.05) is 0 Å². The second-order valence-electron chi connectivity index (χ2n) is 2.86. The topological polar surface area (TPSA) is 55.8 Å². The van der Waals surface area contributed by atoms with Gasteiger partial charge in [-0.1, -0.05) is 13.0 Å². The molecule has 4 heteroatoms. The van der Waals surface area contributed by atoms with Crippen molar-refractivity contribution in [3.63, 3.8) is 0 Å². The zero-order chi connectivity index (χ0) is 12.4. The summed E-state index contributed by atoms with van der Waals surface area (Å²) in [6.45, 7) is 4.07. The zero-order valence-corrected chi connectivity index (χ0v) is 9.90. The number of aromatic hydroxyl groups is 1. The van der Waals surface area contributed by atoms with Gasteiger partial charge in [0.2, 0.25) is 0 Å². The number of rotatable bonds is 3. The van der Waals surface area contributed by atoms with E-state index in [0.29, 0.717) is 18.8 Å². The van der Waals surface area contributed by atoms with Crippen LogP contribution < -0.4 is 4.74 Å². The lowest BCUT2D eigenvalue weighted by Crippen LogP contribution is -2.00. The molecule has 0 fully saturated rings. The molecule has 0 aliphatic carbocycles. The Labute approximate surface area is 95.8 Å². The van der Waals surface area contributed by atoms with Gasteiger partial charge in [-0.15, -0.1) is 0 Å². The Morgan fingerprint density at radius 2 is 2.06 bits per heavy atom. The highest BCUT2D eigenvalue weighted by Crippen LogP contribution is 2.16. The van der Waals surface area contributed by atoms with Gasteiger partial charge in [0.1, 0.15) is 11.5 Å². The van der Waals surface area contributed by atoms with Gasteiger partial charge in [0.15, 0.2) is 0 Å². The van der Waals surface area contributed by atoms with Crippen molar-refractivity contribution in [2.75, 3.05) is 13.7 Å². The fourth-order valence-corrected chi connectivity index (χ4v) is 0.874. The maximum absolute atomic E-state index is 10.2. The van der Waals surface area contributed by atoms with E-state index in [1.54, 1.807) is 45.2 Å². The number of phenolic OH excluding ortho intramolecular Hbond substituents is 1. The Balaban J connectivity index is 0.000000293. The third kappa shape index (κ3) is 6.70. The summed E-state index contributed by atoms with van der Waals surface area (Å²) in [6, 6.07) is 6.66. The molecule has 0 aliphatic heterocycles. The van der Waals surface area contributed by atoms with Crippen molar-refractivity contribution >= 4 is 5.97 Å². The van der Waals surface area contributed by atoms with Crippen molar-refractivity contribution in [3.05, 3.63) is 24.3 Å². The minimum absolute atomic E-state index is 0.123. The molecule has 0 amide bonds. The molecule has 0 aliphatic rings. The summed E-state index contributed by atoms with van der Waals surface area (Å²) < 4.78 is 9.39. The number of hydrogen-bond acceptors (Lipinski definition) is 4. The third-order valence-electron chi connectivity index (χ3n) is 1.65. The number of benzene rings is 1. The summed E-state index contributed by atoms with van der Waals surface area (Å²) in [4.78, 5) is 10.2. The highest BCUT2D eigenvalue weighted by Gasteiger charge is 1.91. The molecular weight excluding hydrogens is 208 g/mol. The van der Waals surface area contributed by atoms with Crippen LogP contribution in [-0.2, 0) is 9.53 Å². The first-order chi connectivity index (χ1) is 7.63. The van der Waals surface area contributed by atoms with Crippen molar-refractivity contribution in [2.24, 2.45) is 0 Å². The number of hydrogen-bond donors (Lipinski definition) is 1. The van der Waals surface area contributed by atoms with Gasteiger partial charge >= 0.3 is 5.97 Å². The number of phenols is 1. The van der Waals surface area contributed by atoms with Crippen LogP contribution in [0, 0.1) is 0 Å². The Kier molecular flexibility index (Phi) is 7.67. The van der Waals surface area contributed by atoms with Crippen LogP contribution >= 0.6 is 0 Å². The molecule has 16 heavy (non-hydrogen) atoms. The van der Waals surface area contributed by atoms with Crippen LogP contribution in [0.4, 0.5) is 0 Å². The van der Waals surface area contributed by atoms with Gasteiger partial charge < -0.3 is 14.6 Å². The van der Waals surface area contributed by atoms with Crippen LogP contribution in [-0.4, -0.2) is 24.8 Å². The molecule has 90 valence electrons. The van der Waals surface area contributed by atoms with Crippen LogP contribution in [0.5, 0.6) is 11.5 Å². The van der Waals surface area contributed by atoms with E-state index in [2.05, 4.69) is 4.74 Å². The van der Waals surface area contributed by atoms with E-state index in [4.69, 9.17) is 9.84 Å². The molecule has 1 aromatic carbocycles. The molecule has 0 radical (unpaired) electrons. The summed E-state index contributed by atoms with van der Waals surface area (Å²) in [6.07, 6.45) is 0.480. The molecule has 0 unspecified atom stereocenters. The minimum atomic E-state index is -0.123. The molecule has 1 aromatic rings. The van der Waals surface area contributed by atoms with Gasteiger partial charge in [0.25, 0.3) is 0 Å². The maximum Gasteiger partial charge on any atom is 0.305 e. The highest BCUT2D eigenvalue weighted by molar-refractivity contribution is 5.68. The molecule has 0 bridgehead atoms. The summed E-state index contributed by atoms with van der Waals surface area (Å²) in [7, 11) is 1.56. The van der Waals surface area contributed by atoms with Crippen LogP contribution in [0.15, 0.2) is 24.3 Å². The number of methoxy groups -OCH3 is 1. The monoisotopic (exact) mass is 226 g/mol. The lowest BCUT2D eigenvalue weighted by Gasteiger charge is -1.97. The van der Waals surface area contributed by atoms with Crippen LogP contribution in [0.25, 0.3) is 0 Å². The number of esters is 1. The molecule has 0 aromatic heterocycles. The summed E-state index contributed by atoms with van der Waals surface area (Å²) >= 11 is 0. The second-order valence-corrected chi connectivity index (χ2v) is 2.86. The molecular formula is C12H18O4. The molecule has 0 spiro atoms. The summed E-state index contributed by atoms with van der Waals surface area (Å²) in [5, 5.41) is 8.86. The van der Waals surface area contributed by atoms with Crippen molar-refractivity contribution in [1.29, 1.82) is 0 Å². The lowest BCUT2D eigenvalue weighted by molar-refractivity contribution is -0.142. The fourth-order valence-electron chi connectivity index (χ4n) is 0.874. The minimum Gasteiger partial charge on any atom is -0.508 e. The number of ether oxygens (including phenoxy) is 2. The Bertz CT molecular complexity index is 310. The van der Waals surface area contributed by atoms with E-state index < -0.39 is 0 Å². The predicted octanol–water partition coefficient (Wildman–Crippen LogP) is 2.36. The van der Waals surface area contributed by atoms with E-state index >= 15 is 0 Å². The van der Waals surface area contributed by atoms with Crippen LogP contribution in [0.2, 0.25) is 0 Å². The Morgan fingerprint density at radius 3 is 2.38 bits per heavy atom. The van der Waals surface area contributed by atoms with Crippen LogP contribution in [0.3, 0.4) is 0 Å². The fraction of sp³-hybridized carbons (Fsp3) is 0.417. The second kappa shape index (κ2) is 8.59. The standard InChI is InChI=1S/C7H8O2.C5H10O2/c1-9-7-4-2-3-6(8)5-7;1-3-5(6)7-4-2/h2-5,8H,1H3;3-4H2,1-2H3. The predicted molar refractivity (Wildman–Crippen MR) is 61.6 cm³/mol. The number of carbonyl (C=O) groups excluding carboxylic acids is 1. The van der Waals surface area contributed by atoms with Gasteiger partial charge in [-0.25, -0.2) is 0 Å². The SMILES string of the molecule is CCOC(=O)CC.COc1cccc(O)c1. The van der Waals surface area contributed by atoms with E-state index in [9.17, 15) is 4.79 Å². The molecule has 0 saturated heterocycles. The van der Waals surface area contributed by atoms with Gasteiger partial charge in [0.05, 0.1) is 13.7 Å². The molecule has 1 N–H and O–H groups in total. The summed E-state index contributed by atoms with van der Waals surface area (Å²) in [5.74, 6) is 0.784. The van der Waals surface area contributed by atoms with Gasteiger partial charge in [-0.2, -0.15) is 0 Å². The van der Waals surface area contributed by atoms with E-state index in [0.717, 1.165) is 0 Å². The average molecular weight is 226 g/mol. The molecule has 0 atom stereocenters. The molecule has 1 rings (SSSR count). The highest BCUT2D eigenvalue weighted by atomic mass is 16.5. The van der Waals surface area contributed by atoms with Gasteiger partial charge in [-0.05, 0) is 19.1 Å². The average Bonchev–Trinajstić information content (AvgIpc) is 2.30. The van der Waals surface area contributed by atoms with Crippen molar-refractivity contribution < 1.29 is 19.4 Å². The largest absolute Gasteiger partial charge is 0.508 e. The first-order valence-corrected chi connectivity index (χ1v) is 5.12. The zero-order valence-electron chi connectivity index (χ0n) is 9.90. The van der Waals surface area contributed by atoms with E-state index in [-0.39, 0.29) is 11.7 Å². The first kappa shape index (κ1) is 14.3. The smallest absolute Gasteiger partial charge is 0.305 e. The lowest BCUT2D eigenvalue weighted by atomic mass is 10.3. The van der Waals surface area contributed by atoms with Crippen molar-refractivity contribution in [1.82, 2.24) is 0 Å². The quantitative estimate of drug-likeness (QED) is 0.804. The Hall–Kier alpha value is -1.71.